The Labute approximate surface area is 146 Å². The van der Waals surface area contributed by atoms with Crippen LogP contribution in [0.1, 0.15) is 24.7 Å². The van der Waals surface area contributed by atoms with Crippen LogP contribution < -0.4 is 10.6 Å². The number of para-hydroxylation sites is 1. The van der Waals surface area contributed by atoms with Crippen LogP contribution in [-0.4, -0.2) is 15.6 Å². The third kappa shape index (κ3) is 3.31. The first-order chi connectivity index (χ1) is 12.1. The number of benzene rings is 2. The van der Waals surface area contributed by atoms with Crippen molar-refractivity contribution in [1.29, 1.82) is 5.26 Å². The Morgan fingerprint density at radius 3 is 2.68 bits per heavy atom. The predicted octanol–water partition coefficient (Wildman–Crippen LogP) is 3.40. The summed E-state index contributed by atoms with van der Waals surface area (Å²) in [4.78, 5) is 18.1. The van der Waals surface area contributed by atoms with Gasteiger partial charge in [0.05, 0.1) is 29.2 Å². The van der Waals surface area contributed by atoms with Gasteiger partial charge in [0, 0.05) is 12.2 Å². The minimum atomic E-state index is -0.529. The summed E-state index contributed by atoms with van der Waals surface area (Å²) in [5.74, 6) is 0.745. The Balaban J connectivity index is 2.05. The highest BCUT2D eigenvalue weighted by Crippen LogP contribution is 2.22. The molecule has 0 aliphatic rings. The van der Waals surface area contributed by atoms with E-state index < -0.39 is 6.03 Å². The second-order valence-corrected chi connectivity index (χ2v) is 5.75. The van der Waals surface area contributed by atoms with E-state index in [-0.39, 0.29) is 6.54 Å². The molecule has 0 fully saturated rings. The monoisotopic (exact) mass is 333 g/mol. The van der Waals surface area contributed by atoms with Gasteiger partial charge in [0.2, 0.25) is 0 Å². The molecular weight excluding hydrogens is 314 g/mol. The topological polar surface area (TPSA) is 87.9 Å². The number of aromatic nitrogens is 2. The van der Waals surface area contributed by atoms with Crippen LogP contribution in [0.4, 0.5) is 10.5 Å². The summed E-state index contributed by atoms with van der Waals surface area (Å²) in [6, 6.07) is 16.3. The molecule has 0 unspecified atom stereocenters. The Morgan fingerprint density at radius 2 is 2.04 bits per heavy atom. The highest BCUT2D eigenvalue weighted by atomic mass is 16.2. The van der Waals surface area contributed by atoms with Gasteiger partial charge in [-0.15, -0.1) is 0 Å². The maximum atomic E-state index is 12.0. The van der Waals surface area contributed by atoms with Crippen molar-refractivity contribution in [3.05, 3.63) is 59.9 Å². The Bertz CT molecular complexity index is 940. The van der Waals surface area contributed by atoms with Gasteiger partial charge < -0.3 is 10.3 Å². The maximum absolute atomic E-state index is 12.0. The first-order valence-corrected chi connectivity index (χ1v) is 8.15. The van der Waals surface area contributed by atoms with Crippen molar-refractivity contribution in [3.8, 4) is 6.07 Å². The van der Waals surface area contributed by atoms with E-state index in [2.05, 4.69) is 22.5 Å². The number of hydrogen-bond donors (Lipinski definition) is 1. The van der Waals surface area contributed by atoms with Gasteiger partial charge in [-0.3, -0.25) is 4.90 Å². The molecule has 0 saturated heterocycles. The third-order valence-corrected chi connectivity index (χ3v) is 4.04. The van der Waals surface area contributed by atoms with E-state index in [4.69, 9.17) is 11.0 Å². The molecule has 0 spiro atoms. The molecule has 1 aromatic heterocycles. The fourth-order valence-electron chi connectivity index (χ4n) is 2.89. The number of nitrogens with zero attached hydrogens (tertiary/aromatic N) is 4. The van der Waals surface area contributed by atoms with Crippen molar-refractivity contribution >= 4 is 22.8 Å². The molecule has 0 atom stereocenters. The summed E-state index contributed by atoms with van der Waals surface area (Å²) in [6.07, 6.45) is 0.931. The van der Waals surface area contributed by atoms with Crippen molar-refractivity contribution < 1.29 is 4.79 Å². The fraction of sp³-hybridized carbons (Fsp3) is 0.211. The van der Waals surface area contributed by atoms with Crippen molar-refractivity contribution in [1.82, 2.24) is 9.55 Å². The Morgan fingerprint density at radius 1 is 1.28 bits per heavy atom. The lowest BCUT2D eigenvalue weighted by molar-refractivity contribution is 0.253. The number of fused-ring (bicyclic) bond motifs is 1. The molecule has 0 aliphatic carbocycles. The van der Waals surface area contributed by atoms with Gasteiger partial charge in [0.1, 0.15) is 5.82 Å². The second kappa shape index (κ2) is 7.05. The molecule has 25 heavy (non-hydrogen) atoms. The van der Waals surface area contributed by atoms with Gasteiger partial charge in [-0.2, -0.15) is 5.26 Å². The second-order valence-electron chi connectivity index (χ2n) is 5.75. The molecule has 3 aromatic rings. The van der Waals surface area contributed by atoms with E-state index in [0.29, 0.717) is 5.56 Å². The van der Waals surface area contributed by atoms with Gasteiger partial charge in [0.15, 0.2) is 0 Å². The van der Waals surface area contributed by atoms with E-state index in [1.807, 2.05) is 36.4 Å². The van der Waals surface area contributed by atoms with E-state index in [1.54, 1.807) is 12.1 Å². The summed E-state index contributed by atoms with van der Waals surface area (Å²) in [7, 11) is 0. The summed E-state index contributed by atoms with van der Waals surface area (Å²) in [6.45, 7) is 3.14. The molecule has 2 aromatic carbocycles. The minimum absolute atomic E-state index is 0.274. The van der Waals surface area contributed by atoms with Gasteiger partial charge >= 0.3 is 6.03 Å². The third-order valence-electron chi connectivity index (χ3n) is 4.04. The van der Waals surface area contributed by atoms with Gasteiger partial charge in [-0.05, 0) is 36.8 Å². The fourth-order valence-corrected chi connectivity index (χ4v) is 2.89. The molecule has 0 saturated carbocycles. The number of nitriles is 1. The van der Waals surface area contributed by atoms with Crippen LogP contribution in [0.2, 0.25) is 0 Å². The highest BCUT2D eigenvalue weighted by molar-refractivity contribution is 5.90. The van der Waals surface area contributed by atoms with Gasteiger partial charge in [-0.1, -0.05) is 25.1 Å². The number of nitrogens with two attached hydrogens (primary N) is 1. The molecule has 2 N–H and O–H groups in total. The lowest BCUT2D eigenvalue weighted by Crippen LogP contribution is -2.36. The molecule has 0 aliphatic heterocycles. The van der Waals surface area contributed by atoms with Crippen LogP contribution in [0.15, 0.2) is 48.5 Å². The lowest BCUT2D eigenvalue weighted by atomic mass is 10.2. The smallest absolute Gasteiger partial charge is 0.319 e. The van der Waals surface area contributed by atoms with E-state index in [9.17, 15) is 4.79 Å². The molecule has 2 amide bonds. The normalized spacial score (nSPS) is 10.6. The molecule has 3 rings (SSSR count). The number of amides is 2. The lowest BCUT2D eigenvalue weighted by Gasteiger charge is -2.20. The van der Waals surface area contributed by atoms with Crippen molar-refractivity contribution in [2.24, 2.45) is 5.73 Å². The van der Waals surface area contributed by atoms with Crippen molar-refractivity contribution in [2.75, 3.05) is 4.90 Å². The van der Waals surface area contributed by atoms with Gasteiger partial charge in [0.25, 0.3) is 0 Å². The average Bonchev–Trinajstić information content (AvgIpc) is 2.97. The van der Waals surface area contributed by atoms with Crippen molar-refractivity contribution in [3.63, 3.8) is 0 Å². The predicted molar refractivity (Wildman–Crippen MR) is 96.9 cm³/mol. The summed E-state index contributed by atoms with van der Waals surface area (Å²) in [5, 5.41) is 9.09. The first-order valence-electron chi connectivity index (χ1n) is 8.15. The first kappa shape index (κ1) is 16.5. The molecule has 6 nitrogen and oxygen atoms in total. The molecule has 6 heteroatoms. The summed E-state index contributed by atoms with van der Waals surface area (Å²) < 4.78 is 2.08. The zero-order chi connectivity index (χ0) is 17.8. The van der Waals surface area contributed by atoms with E-state index in [0.717, 1.165) is 35.5 Å². The van der Waals surface area contributed by atoms with Crippen LogP contribution in [0.25, 0.3) is 11.0 Å². The number of rotatable bonds is 5. The number of carbonyl (C=O) groups excluding carboxylic acids is 1. The van der Waals surface area contributed by atoms with Crippen LogP contribution >= 0.6 is 0 Å². The maximum Gasteiger partial charge on any atom is 0.319 e. The zero-order valence-electron chi connectivity index (χ0n) is 14.0. The minimum Gasteiger partial charge on any atom is -0.351 e. The number of urea groups is 1. The van der Waals surface area contributed by atoms with Crippen molar-refractivity contribution in [2.45, 2.75) is 26.4 Å². The SMILES string of the molecule is CCCn1c(CN(C(N)=O)c2ccccc2)nc2cc(C#N)ccc21. The number of carbonyl (C=O) groups is 1. The Hall–Kier alpha value is -3.33. The number of primary amides is 1. The molecule has 1 heterocycles. The largest absolute Gasteiger partial charge is 0.351 e. The Kier molecular flexibility index (Phi) is 4.66. The number of aryl methyl sites for hydroxylation is 1. The van der Waals surface area contributed by atoms with Crippen LogP contribution in [0.5, 0.6) is 0 Å². The van der Waals surface area contributed by atoms with Crippen LogP contribution in [-0.2, 0) is 13.1 Å². The van der Waals surface area contributed by atoms with Crippen LogP contribution in [0, 0.1) is 11.3 Å². The zero-order valence-corrected chi connectivity index (χ0v) is 14.0. The standard InChI is InChI=1S/C19H19N5O/c1-2-10-23-17-9-8-14(12-20)11-16(17)22-18(23)13-24(19(21)25)15-6-4-3-5-7-15/h3-9,11H,2,10,13H2,1H3,(H2,21,25). The van der Waals surface area contributed by atoms with E-state index >= 15 is 0 Å². The molecular formula is C19H19N5O. The van der Waals surface area contributed by atoms with Gasteiger partial charge in [-0.25, -0.2) is 9.78 Å². The molecule has 0 bridgehead atoms. The number of anilines is 1. The van der Waals surface area contributed by atoms with E-state index in [1.165, 1.54) is 4.90 Å². The summed E-state index contributed by atoms with van der Waals surface area (Å²) in [5.41, 5.74) is 8.58. The number of hydrogen-bond acceptors (Lipinski definition) is 3. The molecule has 0 radical (unpaired) electrons. The molecule has 126 valence electrons. The quantitative estimate of drug-likeness (QED) is 0.776. The summed E-state index contributed by atoms with van der Waals surface area (Å²) >= 11 is 0. The van der Waals surface area contributed by atoms with Crippen LogP contribution in [0.3, 0.4) is 0 Å². The highest BCUT2D eigenvalue weighted by Gasteiger charge is 2.18. The average molecular weight is 333 g/mol. The number of imidazole rings is 1.